The fourth-order valence-corrected chi connectivity index (χ4v) is 1.42. The summed E-state index contributed by atoms with van der Waals surface area (Å²) in [5.41, 5.74) is 0.795. The summed E-state index contributed by atoms with van der Waals surface area (Å²) in [7, 11) is 0. The van der Waals surface area contributed by atoms with Crippen LogP contribution >= 0.6 is 0 Å². The third-order valence-corrected chi connectivity index (χ3v) is 2.39. The first kappa shape index (κ1) is 12.6. The SMILES string of the molecule is CC(CCO)NCc1ccccc1[N+](=O)[O-]. The summed E-state index contributed by atoms with van der Waals surface area (Å²) in [5, 5.41) is 22.6. The standard InChI is InChI=1S/C11H16N2O3/c1-9(6-7-14)12-8-10-4-2-3-5-11(10)13(15)16/h2-5,9,12,14H,6-8H2,1H3. The minimum absolute atomic E-state index is 0.116. The van der Waals surface area contributed by atoms with Gasteiger partial charge in [0.1, 0.15) is 0 Å². The summed E-state index contributed by atoms with van der Waals surface area (Å²) in [6, 6.07) is 6.80. The molecule has 0 saturated heterocycles. The molecule has 5 nitrogen and oxygen atoms in total. The predicted molar refractivity (Wildman–Crippen MR) is 61.1 cm³/mol. The van der Waals surface area contributed by atoms with Crippen LogP contribution in [-0.2, 0) is 6.54 Å². The van der Waals surface area contributed by atoms with Crippen LogP contribution in [0.2, 0.25) is 0 Å². The molecule has 0 aliphatic rings. The van der Waals surface area contributed by atoms with Gasteiger partial charge in [-0.05, 0) is 13.3 Å². The number of rotatable bonds is 6. The normalized spacial score (nSPS) is 12.4. The molecule has 1 rings (SSSR count). The van der Waals surface area contributed by atoms with Gasteiger partial charge in [0.05, 0.1) is 4.92 Å². The maximum Gasteiger partial charge on any atom is 0.273 e. The Balaban J connectivity index is 2.63. The molecule has 0 aliphatic heterocycles. The molecule has 1 atom stereocenters. The number of nitrogens with one attached hydrogen (secondary N) is 1. The first-order chi connectivity index (χ1) is 7.65. The van der Waals surface area contributed by atoms with Gasteiger partial charge in [-0.2, -0.15) is 0 Å². The molecular formula is C11H16N2O3. The second-order valence-electron chi connectivity index (χ2n) is 3.68. The van der Waals surface area contributed by atoms with Crippen molar-refractivity contribution in [1.29, 1.82) is 0 Å². The molecule has 0 fully saturated rings. The van der Waals surface area contributed by atoms with E-state index in [1.807, 2.05) is 6.92 Å². The van der Waals surface area contributed by atoms with Crippen molar-refractivity contribution >= 4 is 5.69 Å². The Morgan fingerprint density at radius 2 is 2.19 bits per heavy atom. The molecule has 1 aromatic carbocycles. The average molecular weight is 224 g/mol. The Hall–Kier alpha value is -1.46. The van der Waals surface area contributed by atoms with Crippen molar-refractivity contribution in [3.05, 3.63) is 39.9 Å². The second-order valence-corrected chi connectivity index (χ2v) is 3.68. The molecule has 0 heterocycles. The van der Waals surface area contributed by atoms with Gasteiger partial charge in [0.15, 0.2) is 0 Å². The third-order valence-electron chi connectivity index (χ3n) is 2.39. The topological polar surface area (TPSA) is 75.4 Å². The number of para-hydroxylation sites is 1. The van der Waals surface area contributed by atoms with Crippen molar-refractivity contribution in [2.45, 2.75) is 25.9 Å². The van der Waals surface area contributed by atoms with Gasteiger partial charge in [0.25, 0.3) is 5.69 Å². The first-order valence-corrected chi connectivity index (χ1v) is 5.21. The quantitative estimate of drug-likeness (QED) is 0.566. The van der Waals surface area contributed by atoms with Crippen molar-refractivity contribution in [2.75, 3.05) is 6.61 Å². The minimum Gasteiger partial charge on any atom is -0.396 e. The van der Waals surface area contributed by atoms with Crippen LogP contribution < -0.4 is 5.32 Å². The zero-order chi connectivity index (χ0) is 12.0. The van der Waals surface area contributed by atoms with E-state index in [9.17, 15) is 10.1 Å². The number of benzene rings is 1. The van der Waals surface area contributed by atoms with Crippen LogP contribution in [-0.4, -0.2) is 22.7 Å². The van der Waals surface area contributed by atoms with Crippen LogP contribution in [0.1, 0.15) is 18.9 Å². The van der Waals surface area contributed by atoms with E-state index in [2.05, 4.69) is 5.32 Å². The molecule has 16 heavy (non-hydrogen) atoms. The van der Waals surface area contributed by atoms with Crippen LogP contribution in [0.3, 0.4) is 0 Å². The number of nitro groups is 1. The van der Waals surface area contributed by atoms with Crippen molar-refractivity contribution in [3.63, 3.8) is 0 Å². The van der Waals surface area contributed by atoms with Crippen LogP contribution in [0.4, 0.5) is 5.69 Å². The molecule has 0 aliphatic carbocycles. The summed E-state index contributed by atoms with van der Waals surface area (Å²) in [5.74, 6) is 0. The van der Waals surface area contributed by atoms with Gasteiger partial charge in [0.2, 0.25) is 0 Å². The highest BCUT2D eigenvalue weighted by Gasteiger charge is 2.12. The summed E-state index contributed by atoms with van der Waals surface area (Å²) >= 11 is 0. The Kier molecular flexibility index (Phi) is 4.88. The van der Waals surface area contributed by atoms with Gasteiger partial charge in [-0.25, -0.2) is 0 Å². The van der Waals surface area contributed by atoms with E-state index >= 15 is 0 Å². The largest absolute Gasteiger partial charge is 0.396 e. The molecule has 0 bridgehead atoms. The highest BCUT2D eigenvalue weighted by Crippen LogP contribution is 2.17. The van der Waals surface area contributed by atoms with Gasteiger partial charge in [0, 0.05) is 30.8 Å². The van der Waals surface area contributed by atoms with Crippen LogP contribution in [0.15, 0.2) is 24.3 Å². The van der Waals surface area contributed by atoms with Crippen molar-refractivity contribution in [3.8, 4) is 0 Å². The fourth-order valence-electron chi connectivity index (χ4n) is 1.42. The Morgan fingerprint density at radius 3 is 2.81 bits per heavy atom. The second kappa shape index (κ2) is 6.19. The van der Waals surface area contributed by atoms with E-state index in [4.69, 9.17) is 5.11 Å². The number of nitro benzene ring substituents is 1. The maximum atomic E-state index is 10.7. The van der Waals surface area contributed by atoms with Crippen molar-refractivity contribution in [1.82, 2.24) is 5.32 Å². The highest BCUT2D eigenvalue weighted by molar-refractivity contribution is 5.39. The molecule has 0 amide bonds. The third kappa shape index (κ3) is 3.60. The lowest BCUT2D eigenvalue weighted by molar-refractivity contribution is -0.385. The molecule has 0 radical (unpaired) electrons. The predicted octanol–water partition coefficient (Wildman–Crippen LogP) is 1.46. The number of hydrogen-bond acceptors (Lipinski definition) is 4. The number of nitrogens with zero attached hydrogens (tertiary/aromatic N) is 1. The zero-order valence-corrected chi connectivity index (χ0v) is 9.22. The van der Waals surface area contributed by atoms with Gasteiger partial charge in [-0.1, -0.05) is 18.2 Å². The smallest absolute Gasteiger partial charge is 0.273 e. The Morgan fingerprint density at radius 1 is 1.50 bits per heavy atom. The summed E-state index contributed by atoms with van der Waals surface area (Å²) in [4.78, 5) is 10.3. The number of aliphatic hydroxyl groups is 1. The van der Waals surface area contributed by atoms with Crippen molar-refractivity contribution < 1.29 is 10.0 Å². The first-order valence-electron chi connectivity index (χ1n) is 5.21. The molecule has 0 aromatic heterocycles. The average Bonchev–Trinajstić information content (AvgIpc) is 2.27. The molecule has 2 N–H and O–H groups in total. The monoisotopic (exact) mass is 224 g/mol. The van der Waals surface area contributed by atoms with E-state index in [1.54, 1.807) is 18.2 Å². The Bertz CT molecular complexity index is 355. The van der Waals surface area contributed by atoms with Gasteiger partial charge < -0.3 is 10.4 Å². The van der Waals surface area contributed by atoms with Gasteiger partial charge >= 0.3 is 0 Å². The summed E-state index contributed by atoms with van der Waals surface area (Å²) < 4.78 is 0. The van der Waals surface area contributed by atoms with E-state index in [0.717, 1.165) is 0 Å². The molecule has 1 unspecified atom stereocenters. The van der Waals surface area contributed by atoms with Gasteiger partial charge in [-0.15, -0.1) is 0 Å². The molecule has 88 valence electrons. The number of aliphatic hydroxyl groups excluding tert-OH is 1. The van der Waals surface area contributed by atoms with Gasteiger partial charge in [-0.3, -0.25) is 10.1 Å². The van der Waals surface area contributed by atoms with E-state index in [0.29, 0.717) is 18.5 Å². The minimum atomic E-state index is -0.381. The van der Waals surface area contributed by atoms with Crippen LogP contribution in [0, 0.1) is 10.1 Å². The zero-order valence-electron chi connectivity index (χ0n) is 9.22. The van der Waals surface area contributed by atoms with E-state index in [-0.39, 0.29) is 23.3 Å². The lowest BCUT2D eigenvalue weighted by Gasteiger charge is -2.12. The summed E-state index contributed by atoms with van der Waals surface area (Å²) in [6.45, 7) is 2.49. The highest BCUT2D eigenvalue weighted by atomic mass is 16.6. The van der Waals surface area contributed by atoms with Crippen LogP contribution in [0.5, 0.6) is 0 Å². The molecule has 5 heteroatoms. The molecule has 1 aromatic rings. The lowest BCUT2D eigenvalue weighted by Crippen LogP contribution is -2.26. The Labute approximate surface area is 94.3 Å². The lowest BCUT2D eigenvalue weighted by atomic mass is 10.1. The van der Waals surface area contributed by atoms with E-state index < -0.39 is 0 Å². The fraction of sp³-hybridized carbons (Fsp3) is 0.455. The number of hydrogen-bond donors (Lipinski definition) is 2. The van der Waals surface area contributed by atoms with E-state index in [1.165, 1.54) is 6.07 Å². The maximum absolute atomic E-state index is 10.7. The molecule has 0 spiro atoms. The van der Waals surface area contributed by atoms with Crippen LogP contribution in [0.25, 0.3) is 0 Å². The molecule has 0 saturated carbocycles. The van der Waals surface area contributed by atoms with Crippen molar-refractivity contribution in [2.24, 2.45) is 0 Å². The molecular weight excluding hydrogens is 208 g/mol. The summed E-state index contributed by atoms with van der Waals surface area (Å²) in [6.07, 6.45) is 0.640.